The summed E-state index contributed by atoms with van der Waals surface area (Å²) < 4.78 is 5.06. The Labute approximate surface area is 170 Å². The number of likely N-dealkylation sites (tertiary alicyclic amines) is 1. The Morgan fingerprint density at radius 1 is 1.14 bits per heavy atom. The van der Waals surface area contributed by atoms with Crippen LogP contribution in [0.15, 0.2) is 18.2 Å². The van der Waals surface area contributed by atoms with Crippen molar-refractivity contribution in [2.24, 2.45) is 5.92 Å². The number of amides is 2. The molecule has 2 amide bonds. The summed E-state index contributed by atoms with van der Waals surface area (Å²) in [6, 6.07) is 5.00. The number of rotatable bonds is 8. The second kappa shape index (κ2) is 11.0. The van der Waals surface area contributed by atoms with Crippen molar-refractivity contribution in [1.82, 2.24) is 4.90 Å². The van der Waals surface area contributed by atoms with Crippen molar-refractivity contribution < 1.29 is 19.1 Å². The van der Waals surface area contributed by atoms with E-state index in [1.54, 1.807) is 25.1 Å². The fourth-order valence-electron chi connectivity index (χ4n) is 3.13. The molecular formula is C20H28ClN3O4. The predicted molar refractivity (Wildman–Crippen MR) is 109 cm³/mol. The van der Waals surface area contributed by atoms with Gasteiger partial charge in [0.2, 0.25) is 11.8 Å². The molecule has 8 heteroatoms. The fraction of sp³-hybridized carbons (Fsp3) is 0.550. The van der Waals surface area contributed by atoms with Crippen LogP contribution in [0.25, 0.3) is 0 Å². The molecule has 0 atom stereocenters. The molecule has 2 N–H and O–H groups in total. The Balaban J connectivity index is 1.86. The summed E-state index contributed by atoms with van der Waals surface area (Å²) in [7, 11) is 0. The highest BCUT2D eigenvalue weighted by atomic mass is 35.5. The van der Waals surface area contributed by atoms with E-state index >= 15 is 0 Å². The molecule has 0 saturated carbocycles. The number of carbonyl (C=O) groups excluding carboxylic acids is 3. The van der Waals surface area contributed by atoms with Crippen LogP contribution >= 0.6 is 11.6 Å². The first-order valence-electron chi connectivity index (χ1n) is 9.71. The van der Waals surface area contributed by atoms with E-state index in [9.17, 15) is 14.4 Å². The number of carbonyl (C=O) groups is 3. The maximum atomic E-state index is 12.4. The number of anilines is 2. The van der Waals surface area contributed by atoms with E-state index in [2.05, 4.69) is 10.6 Å². The maximum absolute atomic E-state index is 12.4. The van der Waals surface area contributed by atoms with Crippen LogP contribution in [0.3, 0.4) is 0 Å². The zero-order chi connectivity index (χ0) is 20.5. The predicted octanol–water partition coefficient (Wildman–Crippen LogP) is 3.29. The molecule has 1 aliphatic rings. The largest absolute Gasteiger partial charge is 0.466 e. The second-order valence-corrected chi connectivity index (χ2v) is 7.25. The number of ether oxygens (including phenoxy) is 1. The third-order valence-corrected chi connectivity index (χ3v) is 4.91. The molecule has 0 aromatic heterocycles. The van der Waals surface area contributed by atoms with E-state index in [4.69, 9.17) is 16.3 Å². The van der Waals surface area contributed by atoms with E-state index in [-0.39, 0.29) is 30.2 Å². The lowest BCUT2D eigenvalue weighted by Gasteiger charge is -2.30. The topological polar surface area (TPSA) is 87.7 Å². The molecule has 1 saturated heterocycles. The maximum Gasteiger partial charge on any atom is 0.309 e. The molecule has 0 radical (unpaired) electrons. The number of benzene rings is 1. The first-order valence-corrected chi connectivity index (χ1v) is 10.1. The number of hydrogen-bond donors (Lipinski definition) is 2. The van der Waals surface area contributed by atoms with E-state index < -0.39 is 0 Å². The number of nitrogens with zero attached hydrogens (tertiary/aromatic N) is 1. The van der Waals surface area contributed by atoms with Gasteiger partial charge >= 0.3 is 5.97 Å². The molecule has 0 spiro atoms. The minimum atomic E-state index is -0.187. The van der Waals surface area contributed by atoms with Gasteiger partial charge in [-0.15, -0.1) is 0 Å². The van der Waals surface area contributed by atoms with Crippen LogP contribution in [-0.2, 0) is 19.1 Å². The summed E-state index contributed by atoms with van der Waals surface area (Å²) >= 11 is 6.17. The van der Waals surface area contributed by atoms with Crippen LogP contribution in [0.4, 0.5) is 11.4 Å². The van der Waals surface area contributed by atoms with Gasteiger partial charge in [-0.2, -0.15) is 0 Å². The standard InChI is InChI=1S/C20H28ClN3O4/c1-3-5-18(25)22-15-6-7-16(21)17(12-15)23-19(26)13-24-10-8-14(9-11-24)20(27)28-4-2/h6-7,12,14H,3-5,8-11,13H2,1-2H3,(H,22,25)(H,23,26). The monoisotopic (exact) mass is 409 g/mol. The number of piperidine rings is 1. The van der Waals surface area contributed by atoms with Gasteiger partial charge in [-0.25, -0.2) is 0 Å². The van der Waals surface area contributed by atoms with Crippen molar-refractivity contribution in [1.29, 1.82) is 0 Å². The summed E-state index contributed by atoms with van der Waals surface area (Å²) in [5.41, 5.74) is 1.05. The molecule has 154 valence electrons. The van der Waals surface area contributed by atoms with Gasteiger partial charge in [0.15, 0.2) is 0 Å². The minimum absolute atomic E-state index is 0.0773. The third kappa shape index (κ3) is 6.80. The lowest BCUT2D eigenvalue weighted by Crippen LogP contribution is -2.41. The number of hydrogen-bond acceptors (Lipinski definition) is 5. The van der Waals surface area contributed by atoms with E-state index in [1.807, 2.05) is 11.8 Å². The molecule has 0 bridgehead atoms. The lowest BCUT2D eigenvalue weighted by atomic mass is 9.97. The number of esters is 1. The molecule has 1 aliphatic heterocycles. The highest BCUT2D eigenvalue weighted by molar-refractivity contribution is 6.33. The molecule has 2 rings (SSSR count). The molecule has 0 unspecified atom stereocenters. The van der Waals surface area contributed by atoms with Crippen molar-refractivity contribution in [3.05, 3.63) is 23.2 Å². The van der Waals surface area contributed by atoms with Crippen molar-refractivity contribution >= 4 is 40.8 Å². The van der Waals surface area contributed by atoms with Gasteiger partial charge in [0.05, 0.1) is 29.8 Å². The van der Waals surface area contributed by atoms with Gasteiger partial charge in [0.25, 0.3) is 0 Å². The Bertz CT molecular complexity index is 703. The number of nitrogens with one attached hydrogen (secondary N) is 2. The zero-order valence-corrected chi connectivity index (χ0v) is 17.2. The molecule has 7 nitrogen and oxygen atoms in total. The average molecular weight is 410 g/mol. The summed E-state index contributed by atoms with van der Waals surface area (Å²) in [4.78, 5) is 37.9. The van der Waals surface area contributed by atoms with Crippen LogP contribution in [0, 0.1) is 5.92 Å². The summed E-state index contributed by atoms with van der Waals surface area (Å²) in [6.45, 7) is 5.67. The van der Waals surface area contributed by atoms with Gasteiger partial charge in [0, 0.05) is 12.1 Å². The molecular weight excluding hydrogens is 382 g/mol. The Morgan fingerprint density at radius 3 is 2.50 bits per heavy atom. The summed E-state index contributed by atoms with van der Waals surface area (Å²) in [5, 5.41) is 6.00. The lowest BCUT2D eigenvalue weighted by molar-refractivity contribution is -0.149. The van der Waals surface area contributed by atoms with Gasteiger partial charge in [-0.1, -0.05) is 18.5 Å². The zero-order valence-electron chi connectivity index (χ0n) is 16.4. The van der Waals surface area contributed by atoms with Gasteiger partial charge in [0.1, 0.15) is 0 Å². The average Bonchev–Trinajstić information content (AvgIpc) is 2.65. The molecule has 28 heavy (non-hydrogen) atoms. The molecule has 1 fully saturated rings. The van der Waals surface area contributed by atoms with Gasteiger partial charge < -0.3 is 15.4 Å². The van der Waals surface area contributed by atoms with Crippen LogP contribution in [-0.4, -0.2) is 48.9 Å². The Kier molecular flexibility index (Phi) is 8.73. The van der Waals surface area contributed by atoms with Crippen LogP contribution in [0.5, 0.6) is 0 Å². The normalized spacial score (nSPS) is 15.1. The summed E-state index contributed by atoms with van der Waals surface area (Å²) in [5.74, 6) is -0.502. The first-order chi connectivity index (χ1) is 13.4. The molecule has 1 aromatic rings. The van der Waals surface area contributed by atoms with Gasteiger partial charge in [-0.3, -0.25) is 19.3 Å². The van der Waals surface area contributed by atoms with Gasteiger partial charge in [-0.05, 0) is 57.5 Å². The first kappa shape index (κ1) is 22.2. The smallest absolute Gasteiger partial charge is 0.309 e. The van der Waals surface area contributed by atoms with Crippen LogP contribution in [0.1, 0.15) is 39.5 Å². The van der Waals surface area contributed by atoms with E-state index in [1.165, 1.54) is 0 Å². The highest BCUT2D eigenvalue weighted by Gasteiger charge is 2.26. The fourth-order valence-corrected chi connectivity index (χ4v) is 3.29. The van der Waals surface area contributed by atoms with E-state index in [0.717, 1.165) is 6.42 Å². The quantitative estimate of drug-likeness (QED) is 0.643. The van der Waals surface area contributed by atoms with E-state index in [0.29, 0.717) is 55.4 Å². The Hall–Kier alpha value is -2.12. The highest BCUT2D eigenvalue weighted by Crippen LogP contribution is 2.26. The van der Waals surface area contributed by atoms with Crippen LogP contribution < -0.4 is 10.6 Å². The summed E-state index contributed by atoms with van der Waals surface area (Å²) in [6.07, 6.45) is 2.57. The van der Waals surface area contributed by atoms with Crippen molar-refractivity contribution in [2.75, 3.05) is 36.9 Å². The molecule has 1 heterocycles. The van der Waals surface area contributed by atoms with Crippen molar-refractivity contribution in [3.63, 3.8) is 0 Å². The van der Waals surface area contributed by atoms with Crippen molar-refractivity contribution in [3.8, 4) is 0 Å². The molecule has 0 aliphatic carbocycles. The SMILES string of the molecule is CCCC(=O)Nc1ccc(Cl)c(NC(=O)CN2CCC(C(=O)OCC)CC2)c1. The third-order valence-electron chi connectivity index (χ3n) is 4.58. The van der Waals surface area contributed by atoms with Crippen molar-refractivity contribution in [2.45, 2.75) is 39.5 Å². The molecule has 1 aromatic carbocycles. The van der Waals surface area contributed by atoms with Crippen LogP contribution in [0.2, 0.25) is 5.02 Å². The Morgan fingerprint density at radius 2 is 1.86 bits per heavy atom. The number of halogens is 1. The second-order valence-electron chi connectivity index (χ2n) is 6.84. The minimum Gasteiger partial charge on any atom is -0.466 e.